The molecule has 5 nitrogen and oxygen atoms in total. The summed E-state index contributed by atoms with van der Waals surface area (Å²) in [5.41, 5.74) is 3.51. The number of aromatic amines is 1. The first-order chi connectivity index (χ1) is 15.0. The van der Waals surface area contributed by atoms with E-state index in [2.05, 4.69) is 38.7 Å². The number of unbranched alkanes of at least 4 members (excludes halogenated alkanes) is 1. The van der Waals surface area contributed by atoms with Gasteiger partial charge in [-0.15, -0.1) is 0 Å². The SMILES string of the molecule is CCCCN1CCC(c2[nH]nc3ccc(NC(=S)Nc4cc(F)cc(Cl)c4)cc23)CC1. The smallest absolute Gasteiger partial charge is 0.175 e. The highest BCUT2D eigenvalue weighted by Crippen LogP contribution is 2.33. The van der Waals surface area contributed by atoms with Crippen molar-refractivity contribution in [3.05, 3.63) is 52.9 Å². The molecule has 4 rings (SSSR count). The van der Waals surface area contributed by atoms with Gasteiger partial charge in [-0.05, 0) is 87.5 Å². The van der Waals surface area contributed by atoms with Crippen LogP contribution < -0.4 is 10.6 Å². The summed E-state index contributed by atoms with van der Waals surface area (Å²) in [6.45, 7) is 5.70. The van der Waals surface area contributed by atoms with E-state index in [-0.39, 0.29) is 0 Å². The van der Waals surface area contributed by atoms with Crippen LogP contribution in [0.2, 0.25) is 5.02 Å². The molecule has 1 aliphatic heterocycles. The fourth-order valence-corrected chi connectivity index (χ4v) is 4.62. The van der Waals surface area contributed by atoms with Crippen molar-refractivity contribution in [2.45, 2.75) is 38.5 Å². The molecule has 3 aromatic rings. The van der Waals surface area contributed by atoms with Crippen molar-refractivity contribution in [3.63, 3.8) is 0 Å². The molecule has 31 heavy (non-hydrogen) atoms. The van der Waals surface area contributed by atoms with Gasteiger partial charge in [-0.1, -0.05) is 24.9 Å². The number of rotatable bonds is 6. The Balaban J connectivity index is 1.44. The second kappa shape index (κ2) is 9.94. The third-order valence-corrected chi connectivity index (χ3v) is 6.21. The van der Waals surface area contributed by atoms with Crippen molar-refractivity contribution < 1.29 is 4.39 Å². The van der Waals surface area contributed by atoms with Crippen molar-refractivity contribution in [1.29, 1.82) is 0 Å². The highest BCUT2D eigenvalue weighted by molar-refractivity contribution is 7.80. The fraction of sp³-hybridized carbons (Fsp3) is 0.391. The van der Waals surface area contributed by atoms with Crippen LogP contribution in [0.4, 0.5) is 15.8 Å². The summed E-state index contributed by atoms with van der Waals surface area (Å²) in [5.74, 6) is 0.0700. The Morgan fingerprint density at radius 1 is 1.19 bits per heavy atom. The van der Waals surface area contributed by atoms with Gasteiger partial charge in [-0.25, -0.2) is 4.39 Å². The number of likely N-dealkylation sites (tertiary alicyclic amines) is 1. The lowest BCUT2D eigenvalue weighted by atomic mass is 9.91. The molecule has 3 N–H and O–H groups in total. The first-order valence-corrected chi connectivity index (χ1v) is 11.5. The summed E-state index contributed by atoms with van der Waals surface area (Å²) in [6, 6.07) is 10.2. The van der Waals surface area contributed by atoms with Crippen LogP contribution in [0.25, 0.3) is 10.9 Å². The van der Waals surface area contributed by atoms with Crippen LogP contribution in [0.15, 0.2) is 36.4 Å². The van der Waals surface area contributed by atoms with Crippen molar-refractivity contribution >= 4 is 51.2 Å². The predicted molar refractivity (Wildman–Crippen MR) is 131 cm³/mol. The Hall–Kier alpha value is -2.22. The van der Waals surface area contributed by atoms with E-state index in [1.807, 2.05) is 12.1 Å². The monoisotopic (exact) mass is 459 g/mol. The van der Waals surface area contributed by atoms with Gasteiger partial charge in [0.05, 0.1) is 5.52 Å². The molecule has 164 valence electrons. The lowest BCUT2D eigenvalue weighted by Crippen LogP contribution is -2.33. The van der Waals surface area contributed by atoms with Crippen LogP contribution in [0.5, 0.6) is 0 Å². The Morgan fingerprint density at radius 2 is 1.97 bits per heavy atom. The number of halogens is 2. The van der Waals surface area contributed by atoms with Crippen LogP contribution in [-0.2, 0) is 0 Å². The van der Waals surface area contributed by atoms with Crippen LogP contribution in [0.3, 0.4) is 0 Å². The summed E-state index contributed by atoms with van der Waals surface area (Å²) >= 11 is 11.3. The Kier molecular flexibility index (Phi) is 7.05. The molecule has 2 heterocycles. The van der Waals surface area contributed by atoms with Crippen LogP contribution in [0, 0.1) is 5.82 Å². The number of aromatic nitrogens is 2. The maximum atomic E-state index is 13.5. The van der Waals surface area contributed by atoms with Gasteiger partial charge >= 0.3 is 0 Å². The van der Waals surface area contributed by atoms with Gasteiger partial charge in [-0.2, -0.15) is 5.10 Å². The first kappa shape index (κ1) is 22.0. The van der Waals surface area contributed by atoms with E-state index in [1.165, 1.54) is 37.2 Å². The minimum Gasteiger partial charge on any atom is -0.332 e. The Morgan fingerprint density at radius 3 is 2.71 bits per heavy atom. The molecule has 8 heteroatoms. The van der Waals surface area contributed by atoms with Gasteiger partial charge in [0.2, 0.25) is 0 Å². The van der Waals surface area contributed by atoms with Gasteiger partial charge in [0.15, 0.2) is 5.11 Å². The van der Waals surface area contributed by atoms with Gasteiger partial charge < -0.3 is 15.5 Å². The van der Waals surface area contributed by atoms with E-state index in [0.717, 1.165) is 42.5 Å². The first-order valence-electron chi connectivity index (χ1n) is 10.8. The third kappa shape index (κ3) is 5.53. The van der Waals surface area contributed by atoms with Gasteiger partial charge in [0.25, 0.3) is 0 Å². The van der Waals surface area contributed by atoms with Crippen molar-refractivity contribution in [3.8, 4) is 0 Å². The fourth-order valence-electron chi connectivity index (χ4n) is 4.17. The number of thiocarbonyl (C=S) groups is 1. The predicted octanol–water partition coefficient (Wildman–Crippen LogP) is 6.14. The number of benzene rings is 2. The number of nitrogens with one attached hydrogen (secondary N) is 3. The second-order valence-electron chi connectivity index (χ2n) is 8.08. The lowest BCUT2D eigenvalue weighted by molar-refractivity contribution is 0.208. The highest BCUT2D eigenvalue weighted by atomic mass is 35.5. The molecule has 0 aliphatic carbocycles. The number of hydrogen-bond acceptors (Lipinski definition) is 3. The number of piperidine rings is 1. The minimum absolute atomic E-state index is 0.315. The molecule has 1 aliphatic rings. The highest BCUT2D eigenvalue weighted by Gasteiger charge is 2.23. The van der Waals surface area contributed by atoms with Crippen molar-refractivity contribution in [2.24, 2.45) is 0 Å². The molecule has 0 saturated carbocycles. The van der Waals surface area contributed by atoms with Gasteiger partial charge in [0.1, 0.15) is 5.82 Å². The topological polar surface area (TPSA) is 56.0 Å². The van der Waals surface area contributed by atoms with E-state index in [1.54, 1.807) is 6.07 Å². The number of H-pyrrole nitrogens is 1. The van der Waals surface area contributed by atoms with Crippen LogP contribution in [-0.4, -0.2) is 39.8 Å². The molecule has 0 atom stereocenters. The van der Waals surface area contributed by atoms with Gasteiger partial charge in [-0.3, -0.25) is 5.10 Å². The summed E-state index contributed by atoms with van der Waals surface area (Å²) < 4.78 is 13.5. The zero-order chi connectivity index (χ0) is 21.8. The zero-order valence-corrected chi connectivity index (χ0v) is 19.1. The Labute approximate surface area is 192 Å². The largest absolute Gasteiger partial charge is 0.332 e. The summed E-state index contributed by atoms with van der Waals surface area (Å²) in [5, 5.41) is 15.7. The van der Waals surface area contributed by atoms with Crippen molar-refractivity contribution in [2.75, 3.05) is 30.3 Å². The minimum atomic E-state index is -0.414. The third-order valence-electron chi connectivity index (χ3n) is 5.79. The molecule has 1 aromatic heterocycles. The summed E-state index contributed by atoms with van der Waals surface area (Å²) in [7, 11) is 0. The standard InChI is InChI=1S/C23H27ClFN5S/c1-2-3-8-30-9-6-15(7-10-30)22-20-14-18(4-5-21(20)28-29-22)26-23(31)27-19-12-16(24)11-17(25)13-19/h4-5,11-15H,2-3,6-10H2,1H3,(H,28,29)(H2,26,27,31). The number of nitrogens with zero attached hydrogens (tertiary/aromatic N) is 2. The molecule has 1 saturated heterocycles. The van der Waals surface area contributed by atoms with Crippen LogP contribution in [0.1, 0.15) is 44.2 Å². The maximum absolute atomic E-state index is 13.5. The average Bonchev–Trinajstić information content (AvgIpc) is 3.15. The van der Waals surface area contributed by atoms with E-state index in [4.69, 9.17) is 23.8 Å². The summed E-state index contributed by atoms with van der Waals surface area (Å²) in [6.07, 6.45) is 4.78. The molecule has 0 unspecified atom stereocenters. The normalized spacial score (nSPS) is 15.3. The summed E-state index contributed by atoms with van der Waals surface area (Å²) in [4.78, 5) is 2.56. The molecule has 0 radical (unpaired) electrons. The molecule has 0 bridgehead atoms. The molecule has 1 fully saturated rings. The quantitative estimate of drug-likeness (QED) is 0.386. The molecular weight excluding hydrogens is 433 g/mol. The van der Waals surface area contributed by atoms with E-state index >= 15 is 0 Å². The van der Waals surface area contributed by atoms with E-state index in [9.17, 15) is 4.39 Å². The maximum Gasteiger partial charge on any atom is 0.175 e. The van der Waals surface area contributed by atoms with E-state index in [0.29, 0.717) is 21.7 Å². The van der Waals surface area contributed by atoms with Gasteiger partial charge in [0, 0.05) is 33.4 Å². The zero-order valence-electron chi connectivity index (χ0n) is 17.5. The number of anilines is 2. The molecule has 2 aromatic carbocycles. The molecule has 0 amide bonds. The Bertz CT molecular complexity index is 1040. The average molecular weight is 460 g/mol. The molecular formula is C23H27ClFN5S. The molecule has 0 spiro atoms. The number of hydrogen-bond donors (Lipinski definition) is 3. The van der Waals surface area contributed by atoms with Crippen molar-refractivity contribution in [1.82, 2.24) is 15.1 Å². The second-order valence-corrected chi connectivity index (χ2v) is 8.92. The lowest BCUT2D eigenvalue weighted by Gasteiger charge is -2.31. The van der Waals surface area contributed by atoms with E-state index < -0.39 is 5.82 Å². The van der Waals surface area contributed by atoms with Crippen LogP contribution >= 0.6 is 23.8 Å². The number of fused-ring (bicyclic) bond motifs is 1.